The summed E-state index contributed by atoms with van der Waals surface area (Å²) in [5, 5.41) is 2.71. The summed E-state index contributed by atoms with van der Waals surface area (Å²) in [7, 11) is 0. The van der Waals surface area contributed by atoms with Crippen molar-refractivity contribution in [2.45, 2.75) is 26.9 Å². The number of aryl methyl sites for hydroxylation is 2. The fourth-order valence-electron chi connectivity index (χ4n) is 1.89. The molecule has 116 valence electrons. The number of esters is 1. The van der Waals surface area contributed by atoms with E-state index < -0.39 is 12.1 Å². The molecule has 2 rings (SSSR count). The van der Waals surface area contributed by atoms with E-state index in [1.54, 1.807) is 25.1 Å². The Bertz CT molecular complexity index is 694. The van der Waals surface area contributed by atoms with Gasteiger partial charge < -0.3 is 10.1 Å². The molecule has 1 atom stereocenters. The second kappa shape index (κ2) is 7.07. The first kappa shape index (κ1) is 16.7. The highest BCUT2D eigenvalue weighted by Gasteiger charge is 2.21. The largest absolute Gasteiger partial charge is 0.449 e. The third-order valence-corrected chi connectivity index (χ3v) is 4.52. The predicted molar refractivity (Wildman–Crippen MR) is 91.4 cm³/mol. The van der Waals surface area contributed by atoms with E-state index in [9.17, 15) is 9.59 Å². The lowest BCUT2D eigenvalue weighted by molar-refractivity contribution is -0.123. The van der Waals surface area contributed by atoms with Crippen molar-refractivity contribution in [2.75, 3.05) is 5.32 Å². The van der Waals surface area contributed by atoms with Gasteiger partial charge in [-0.15, -0.1) is 11.3 Å². The molecule has 1 heterocycles. The van der Waals surface area contributed by atoms with Gasteiger partial charge in [-0.1, -0.05) is 15.9 Å². The van der Waals surface area contributed by atoms with Gasteiger partial charge >= 0.3 is 5.97 Å². The van der Waals surface area contributed by atoms with E-state index in [1.807, 2.05) is 26.0 Å². The van der Waals surface area contributed by atoms with Gasteiger partial charge in [0.1, 0.15) is 0 Å². The van der Waals surface area contributed by atoms with Crippen LogP contribution < -0.4 is 5.32 Å². The minimum atomic E-state index is -0.865. The van der Waals surface area contributed by atoms with Gasteiger partial charge in [-0.05, 0) is 51.1 Å². The molecule has 0 aliphatic heterocycles. The average Bonchev–Trinajstić information content (AvgIpc) is 2.80. The van der Waals surface area contributed by atoms with E-state index in [4.69, 9.17) is 4.74 Å². The first-order valence-electron chi connectivity index (χ1n) is 6.71. The highest BCUT2D eigenvalue weighted by atomic mass is 79.9. The summed E-state index contributed by atoms with van der Waals surface area (Å²) in [4.78, 5) is 26.1. The molecular weight excluding hydrogens is 366 g/mol. The lowest BCUT2D eigenvalue weighted by Gasteiger charge is -2.13. The number of carbonyl (C=O) groups is 2. The monoisotopic (exact) mass is 381 g/mol. The number of halogens is 1. The Labute approximate surface area is 141 Å². The highest BCUT2D eigenvalue weighted by molar-refractivity contribution is 9.10. The van der Waals surface area contributed by atoms with Gasteiger partial charge in [0.15, 0.2) is 6.10 Å². The van der Waals surface area contributed by atoms with Crippen LogP contribution in [-0.2, 0) is 9.53 Å². The number of benzene rings is 1. The third kappa shape index (κ3) is 4.18. The normalized spacial score (nSPS) is 11.8. The fraction of sp³-hybridized carbons (Fsp3) is 0.250. The third-order valence-electron chi connectivity index (χ3n) is 3.03. The van der Waals surface area contributed by atoms with Crippen molar-refractivity contribution in [2.24, 2.45) is 0 Å². The number of nitrogens with one attached hydrogen (secondary N) is 1. The standard InChI is InChI=1S/C16H16BrNO3S/c1-9-8-14(11(3)22-9)16(20)21-10(2)15(19)18-13-6-4-12(17)5-7-13/h4-8,10H,1-3H3,(H,18,19)/t10-/m1/s1. The van der Waals surface area contributed by atoms with E-state index in [0.29, 0.717) is 11.3 Å². The van der Waals surface area contributed by atoms with Crippen LogP contribution in [-0.4, -0.2) is 18.0 Å². The molecule has 22 heavy (non-hydrogen) atoms. The SMILES string of the molecule is Cc1cc(C(=O)O[C@H](C)C(=O)Nc2ccc(Br)cc2)c(C)s1. The zero-order valence-corrected chi connectivity index (χ0v) is 14.9. The highest BCUT2D eigenvalue weighted by Crippen LogP contribution is 2.22. The lowest BCUT2D eigenvalue weighted by Crippen LogP contribution is -2.30. The Hall–Kier alpha value is -1.66. The number of rotatable bonds is 4. The number of anilines is 1. The van der Waals surface area contributed by atoms with E-state index in [2.05, 4.69) is 21.2 Å². The van der Waals surface area contributed by atoms with E-state index in [-0.39, 0.29) is 5.91 Å². The van der Waals surface area contributed by atoms with Crippen molar-refractivity contribution in [3.8, 4) is 0 Å². The zero-order chi connectivity index (χ0) is 16.3. The molecule has 0 aliphatic carbocycles. The van der Waals surface area contributed by atoms with Crippen LogP contribution in [0.2, 0.25) is 0 Å². The molecule has 0 bridgehead atoms. The van der Waals surface area contributed by atoms with E-state index >= 15 is 0 Å². The van der Waals surface area contributed by atoms with Gasteiger partial charge in [0, 0.05) is 19.9 Å². The number of carbonyl (C=O) groups excluding carboxylic acids is 2. The lowest BCUT2D eigenvalue weighted by atomic mass is 10.2. The Balaban J connectivity index is 1.97. The van der Waals surface area contributed by atoms with Crippen LogP contribution >= 0.6 is 27.3 Å². The second-order valence-corrected chi connectivity index (χ2v) is 7.25. The maximum absolute atomic E-state index is 12.1. The van der Waals surface area contributed by atoms with Crippen LogP contribution in [0.4, 0.5) is 5.69 Å². The second-order valence-electron chi connectivity index (χ2n) is 4.87. The van der Waals surface area contributed by atoms with Crippen LogP contribution in [0.25, 0.3) is 0 Å². The molecule has 1 aromatic carbocycles. The van der Waals surface area contributed by atoms with E-state index in [1.165, 1.54) is 11.3 Å². The number of hydrogen-bond acceptors (Lipinski definition) is 4. The smallest absolute Gasteiger partial charge is 0.340 e. The van der Waals surface area contributed by atoms with Crippen LogP contribution in [0.3, 0.4) is 0 Å². The molecule has 0 saturated carbocycles. The molecule has 0 fully saturated rings. The first-order valence-corrected chi connectivity index (χ1v) is 8.32. The van der Waals surface area contributed by atoms with Gasteiger partial charge in [-0.25, -0.2) is 4.79 Å². The Morgan fingerprint density at radius 1 is 1.23 bits per heavy atom. The molecule has 1 aromatic heterocycles. The van der Waals surface area contributed by atoms with Crippen molar-refractivity contribution in [3.63, 3.8) is 0 Å². The minimum Gasteiger partial charge on any atom is -0.449 e. The Kier molecular flexibility index (Phi) is 5.37. The summed E-state index contributed by atoms with van der Waals surface area (Å²) in [6.07, 6.45) is -0.865. The molecule has 1 N–H and O–H groups in total. The van der Waals surface area contributed by atoms with Gasteiger partial charge in [0.05, 0.1) is 5.56 Å². The minimum absolute atomic E-state index is 0.361. The van der Waals surface area contributed by atoms with Crippen molar-refractivity contribution < 1.29 is 14.3 Å². The molecule has 0 aliphatic rings. The van der Waals surface area contributed by atoms with Gasteiger partial charge in [0.25, 0.3) is 5.91 Å². The molecule has 1 amide bonds. The summed E-state index contributed by atoms with van der Waals surface area (Å²) < 4.78 is 6.16. The maximum Gasteiger partial charge on any atom is 0.340 e. The van der Waals surface area contributed by atoms with Gasteiger partial charge in [-0.3, -0.25) is 4.79 Å². The molecule has 0 saturated heterocycles. The molecule has 2 aromatic rings. The summed E-state index contributed by atoms with van der Waals surface area (Å²) in [5.74, 6) is -0.833. The van der Waals surface area contributed by atoms with Gasteiger partial charge in [0.2, 0.25) is 0 Å². The van der Waals surface area contributed by atoms with Crippen LogP contribution in [0.1, 0.15) is 27.0 Å². The van der Waals surface area contributed by atoms with Gasteiger partial charge in [-0.2, -0.15) is 0 Å². The quantitative estimate of drug-likeness (QED) is 0.802. The number of hydrogen-bond donors (Lipinski definition) is 1. The number of thiophene rings is 1. The predicted octanol–water partition coefficient (Wildman–Crippen LogP) is 4.31. The Morgan fingerprint density at radius 2 is 1.86 bits per heavy atom. The zero-order valence-electron chi connectivity index (χ0n) is 12.5. The average molecular weight is 382 g/mol. The summed E-state index contributed by atoms with van der Waals surface area (Å²) in [6, 6.07) is 8.96. The van der Waals surface area contributed by atoms with Crippen LogP contribution in [0, 0.1) is 13.8 Å². The topological polar surface area (TPSA) is 55.4 Å². The molecule has 0 unspecified atom stereocenters. The fourth-order valence-corrected chi connectivity index (χ4v) is 3.06. The molecule has 0 spiro atoms. The van der Waals surface area contributed by atoms with Crippen molar-refractivity contribution in [3.05, 3.63) is 50.1 Å². The summed E-state index contributed by atoms with van der Waals surface area (Å²) >= 11 is 4.86. The van der Waals surface area contributed by atoms with E-state index in [0.717, 1.165) is 14.2 Å². The molecule has 6 heteroatoms. The van der Waals surface area contributed by atoms with Crippen molar-refractivity contribution >= 4 is 44.8 Å². The number of ether oxygens (including phenoxy) is 1. The summed E-state index contributed by atoms with van der Waals surface area (Å²) in [6.45, 7) is 5.35. The molecular formula is C16H16BrNO3S. The summed E-state index contributed by atoms with van der Waals surface area (Å²) in [5.41, 5.74) is 1.17. The molecule has 4 nitrogen and oxygen atoms in total. The first-order chi connectivity index (χ1) is 10.4. The Morgan fingerprint density at radius 3 is 2.41 bits per heavy atom. The van der Waals surface area contributed by atoms with Crippen molar-refractivity contribution in [1.82, 2.24) is 0 Å². The van der Waals surface area contributed by atoms with Crippen LogP contribution in [0.15, 0.2) is 34.8 Å². The van der Waals surface area contributed by atoms with Crippen molar-refractivity contribution in [1.29, 1.82) is 0 Å². The number of amides is 1. The van der Waals surface area contributed by atoms with Crippen LogP contribution in [0.5, 0.6) is 0 Å². The molecule has 0 radical (unpaired) electrons. The maximum atomic E-state index is 12.1.